The summed E-state index contributed by atoms with van der Waals surface area (Å²) >= 11 is 0. The SMILES string of the molecule is CC(C)(C)OC(=O)N1CCN(C(N)=NCC(=O)Nc2cccnc2)CC1.I. The van der Waals surface area contributed by atoms with Crippen molar-refractivity contribution in [1.29, 1.82) is 0 Å². The van der Waals surface area contributed by atoms with E-state index in [0.29, 0.717) is 31.9 Å². The van der Waals surface area contributed by atoms with Crippen LogP contribution in [0, 0.1) is 0 Å². The van der Waals surface area contributed by atoms with Crippen molar-refractivity contribution in [2.24, 2.45) is 10.7 Å². The van der Waals surface area contributed by atoms with E-state index in [2.05, 4.69) is 15.3 Å². The van der Waals surface area contributed by atoms with Crippen LogP contribution in [0.15, 0.2) is 29.5 Å². The van der Waals surface area contributed by atoms with Crippen LogP contribution >= 0.6 is 24.0 Å². The number of pyridine rings is 1. The zero-order chi connectivity index (χ0) is 19.2. The summed E-state index contributed by atoms with van der Waals surface area (Å²) < 4.78 is 5.36. The molecule has 3 N–H and O–H groups in total. The minimum atomic E-state index is -0.518. The minimum absolute atomic E-state index is 0. The van der Waals surface area contributed by atoms with Gasteiger partial charge >= 0.3 is 6.09 Å². The molecule has 27 heavy (non-hydrogen) atoms. The number of guanidine groups is 1. The Morgan fingerprint density at radius 3 is 2.44 bits per heavy atom. The van der Waals surface area contributed by atoms with Gasteiger partial charge in [-0.1, -0.05) is 0 Å². The van der Waals surface area contributed by atoms with Gasteiger partial charge in [-0.05, 0) is 32.9 Å². The first kappa shape index (κ1) is 22.9. The number of nitrogens with one attached hydrogen (secondary N) is 1. The van der Waals surface area contributed by atoms with Crippen LogP contribution in [0.2, 0.25) is 0 Å². The molecule has 0 saturated carbocycles. The summed E-state index contributed by atoms with van der Waals surface area (Å²) in [6.45, 7) is 7.50. The van der Waals surface area contributed by atoms with Gasteiger partial charge in [-0.2, -0.15) is 0 Å². The van der Waals surface area contributed by atoms with Crippen LogP contribution in [0.4, 0.5) is 10.5 Å². The standard InChI is InChI=1S/C17H26N6O3.HI/c1-17(2,3)26-16(25)23-9-7-22(8-10-23)15(18)20-12-14(24)21-13-5-4-6-19-11-13;/h4-6,11H,7-10,12H2,1-3H3,(H2,18,20)(H,21,24);1H. The average Bonchev–Trinajstić information content (AvgIpc) is 2.59. The van der Waals surface area contributed by atoms with Crippen molar-refractivity contribution in [3.05, 3.63) is 24.5 Å². The molecule has 2 heterocycles. The van der Waals surface area contributed by atoms with Gasteiger partial charge in [-0.25, -0.2) is 9.79 Å². The summed E-state index contributed by atoms with van der Waals surface area (Å²) in [6.07, 6.45) is 2.85. The third-order valence-corrected chi connectivity index (χ3v) is 3.59. The molecule has 0 bridgehead atoms. The maximum absolute atomic E-state index is 12.0. The number of carbonyl (C=O) groups excluding carboxylic acids is 2. The largest absolute Gasteiger partial charge is 0.444 e. The zero-order valence-corrected chi connectivity index (χ0v) is 18.2. The van der Waals surface area contributed by atoms with Gasteiger partial charge in [0.2, 0.25) is 5.91 Å². The number of hydrogen-bond donors (Lipinski definition) is 2. The van der Waals surface area contributed by atoms with Crippen LogP contribution in [0.3, 0.4) is 0 Å². The third kappa shape index (κ3) is 7.97. The molecule has 150 valence electrons. The molecule has 10 heteroatoms. The lowest BCUT2D eigenvalue weighted by Crippen LogP contribution is -2.53. The second kappa shape index (κ2) is 10.3. The Bertz CT molecular complexity index is 654. The molecule has 0 spiro atoms. The maximum Gasteiger partial charge on any atom is 0.410 e. The number of carbonyl (C=O) groups is 2. The van der Waals surface area contributed by atoms with Gasteiger partial charge in [0.15, 0.2) is 5.96 Å². The molecule has 0 atom stereocenters. The fourth-order valence-corrected chi connectivity index (χ4v) is 2.33. The summed E-state index contributed by atoms with van der Waals surface area (Å²) in [5, 5.41) is 2.69. The Hall–Kier alpha value is -2.11. The van der Waals surface area contributed by atoms with Crippen LogP contribution in [0.1, 0.15) is 20.8 Å². The molecular formula is C17H27IN6O3. The highest BCUT2D eigenvalue weighted by atomic mass is 127. The highest BCUT2D eigenvalue weighted by Gasteiger charge is 2.26. The number of ether oxygens (including phenoxy) is 1. The van der Waals surface area contributed by atoms with Gasteiger partial charge < -0.3 is 25.6 Å². The van der Waals surface area contributed by atoms with Gasteiger partial charge in [-0.15, -0.1) is 24.0 Å². The quantitative estimate of drug-likeness (QED) is 0.378. The monoisotopic (exact) mass is 490 g/mol. The zero-order valence-electron chi connectivity index (χ0n) is 15.8. The molecule has 0 unspecified atom stereocenters. The van der Waals surface area contributed by atoms with E-state index >= 15 is 0 Å². The highest BCUT2D eigenvalue weighted by Crippen LogP contribution is 2.11. The van der Waals surface area contributed by atoms with Crippen molar-refractivity contribution >= 4 is 47.6 Å². The molecule has 1 aromatic heterocycles. The maximum atomic E-state index is 12.0. The molecule has 1 saturated heterocycles. The van der Waals surface area contributed by atoms with E-state index in [0.717, 1.165) is 0 Å². The Morgan fingerprint density at radius 2 is 1.89 bits per heavy atom. The van der Waals surface area contributed by atoms with Gasteiger partial charge in [0.1, 0.15) is 12.1 Å². The van der Waals surface area contributed by atoms with E-state index in [4.69, 9.17) is 10.5 Å². The molecule has 2 rings (SSSR count). The van der Waals surface area contributed by atoms with E-state index in [1.807, 2.05) is 25.7 Å². The third-order valence-electron chi connectivity index (χ3n) is 3.59. The van der Waals surface area contributed by atoms with Crippen molar-refractivity contribution in [2.75, 3.05) is 38.0 Å². The van der Waals surface area contributed by atoms with Crippen molar-refractivity contribution in [3.63, 3.8) is 0 Å². The van der Waals surface area contributed by atoms with Crippen LogP contribution in [0.25, 0.3) is 0 Å². The van der Waals surface area contributed by atoms with E-state index in [9.17, 15) is 9.59 Å². The summed E-state index contributed by atoms with van der Waals surface area (Å²) in [7, 11) is 0. The van der Waals surface area contributed by atoms with Gasteiger partial charge in [0.05, 0.1) is 11.9 Å². The molecule has 0 aliphatic carbocycles. The first-order valence-electron chi connectivity index (χ1n) is 8.47. The number of hydrogen-bond acceptors (Lipinski definition) is 5. The first-order valence-corrected chi connectivity index (χ1v) is 8.47. The number of amides is 2. The molecule has 0 aromatic carbocycles. The molecule has 0 radical (unpaired) electrons. The van der Waals surface area contributed by atoms with Crippen molar-refractivity contribution in [2.45, 2.75) is 26.4 Å². The van der Waals surface area contributed by atoms with Gasteiger partial charge in [0.25, 0.3) is 0 Å². The molecule has 2 amide bonds. The van der Waals surface area contributed by atoms with Crippen molar-refractivity contribution in [3.8, 4) is 0 Å². The number of nitrogens with zero attached hydrogens (tertiary/aromatic N) is 4. The first-order chi connectivity index (χ1) is 12.2. The average molecular weight is 490 g/mol. The smallest absolute Gasteiger partial charge is 0.410 e. The number of anilines is 1. The number of nitrogens with two attached hydrogens (primary N) is 1. The molecule has 1 fully saturated rings. The number of aliphatic imine (C=N–C) groups is 1. The summed E-state index contributed by atoms with van der Waals surface area (Å²) in [4.78, 5) is 35.5. The molecule has 1 aliphatic heterocycles. The molecule has 9 nitrogen and oxygen atoms in total. The number of aromatic nitrogens is 1. The molecular weight excluding hydrogens is 463 g/mol. The lowest BCUT2D eigenvalue weighted by molar-refractivity contribution is -0.114. The predicted octanol–water partition coefficient (Wildman–Crippen LogP) is 1.51. The molecule has 1 aromatic rings. The summed E-state index contributed by atoms with van der Waals surface area (Å²) in [6, 6.07) is 3.48. The van der Waals surface area contributed by atoms with Crippen molar-refractivity contribution in [1.82, 2.24) is 14.8 Å². The summed E-state index contributed by atoms with van der Waals surface area (Å²) in [5.74, 6) is 0.0171. The van der Waals surface area contributed by atoms with E-state index in [1.54, 1.807) is 29.4 Å². The Morgan fingerprint density at radius 1 is 1.26 bits per heavy atom. The lowest BCUT2D eigenvalue weighted by atomic mass is 10.2. The normalized spacial score (nSPS) is 15.0. The second-order valence-electron chi connectivity index (χ2n) is 6.92. The van der Waals surface area contributed by atoms with Crippen LogP contribution in [0.5, 0.6) is 0 Å². The van der Waals surface area contributed by atoms with Crippen LogP contribution in [-0.4, -0.2) is 71.1 Å². The Balaban J connectivity index is 0.00000364. The summed E-state index contributed by atoms with van der Waals surface area (Å²) in [5.41, 5.74) is 6.05. The van der Waals surface area contributed by atoms with Gasteiger partial charge in [0, 0.05) is 32.4 Å². The fraction of sp³-hybridized carbons (Fsp3) is 0.529. The van der Waals surface area contributed by atoms with E-state index < -0.39 is 5.60 Å². The number of rotatable bonds is 3. The number of piperazine rings is 1. The Labute approximate surface area is 176 Å². The van der Waals surface area contributed by atoms with E-state index in [-0.39, 0.29) is 48.5 Å². The Kier molecular flexibility index (Phi) is 8.73. The predicted molar refractivity (Wildman–Crippen MR) is 114 cm³/mol. The number of halogens is 1. The highest BCUT2D eigenvalue weighted by molar-refractivity contribution is 14.0. The lowest BCUT2D eigenvalue weighted by Gasteiger charge is -2.36. The van der Waals surface area contributed by atoms with Crippen LogP contribution < -0.4 is 11.1 Å². The second-order valence-corrected chi connectivity index (χ2v) is 6.92. The molecule has 1 aliphatic rings. The van der Waals surface area contributed by atoms with Crippen LogP contribution in [-0.2, 0) is 9.53 Å². The fourth-order valence-electron chi connectivity index (χ4n) is 2.33. The topological polar surface area (TPSA) is 113 Å². The van der Waals surface area contributed by atoms with Gasteiger partial charge in [-0.3, -0.25) is 9.78 Å². The minimum Gasteiger partial charge on any atom is -0.444 e. The van der Waals surface area contributed by atoms with E-state index in [1.165, 1.54) is 0 Å². The van der Waals surface area contributed by atoms with Crippen molar-refractivity contribution < 1.29 is 14.3 Å².